The first-order valence-corrected chi connectivity index (χ1v) is 10.6. The molecule has 0 aromatic heterocycles. The Hall–Kier alpha value is -3.06. The largest absolute Gasteiger partial charge is 0.497 e. The van der Waals surface area contributed by atoms with E-state index in [1.54, 1.807) is 38.5 Å². The van der Waals surface area contributed by atoms with Gasteiger partial charge < -0.3 is 19.5 Å². The molecule has 0 heterocycles. The Labute approximate surface area is 183 Å². The van der Waals surface area contributed by atoms with E-state index in [-0.39, 0.29) is 18.4 Å². The van der Waals surface area contributed by atoms with E-state index in [4.69, 9.17) is 14.2 Å². The molecule has 0 aliphatic heterocycles. The molecule has 1 amide bonds. The molecule has 1 aliphatic carbocycles. The highest BCUT2D eigenvalue weighted by Gasteiger charge is 2.31. The zero-order valence-corrected chi connectivity index (χ0v) is 18.3. The molecule has 2 aromatic carbocycles. The fraction of sp³-hybridized carbons (Fsp3) is 0.417. The summed E-state index contributed by atoms with van der Waals surface area (Å²) in [6.07, 6.45) is 2.93. The van der Waals surface area contributed by atoms with Gasteiger partial charge in [-0.2, -0.15) is 0 Å². The SMILES string of the molecule is CCCOC(=O)c1ccc(NC(=O)CN(Cc2cc(OC)ccc2OC)C2CC2)cc1. The summed E-state index contributed by atoms with van der Waals surface area (Å²) in [5.41, 5.74) is 2.10. The van der Waals surface area contributed by atoms with Gasteiger partial charge >= 0.3 is 5.97 Å². The van der Waals surface area contributed by atoms with Crippen LogP contribution in [0, 0.1) is 0 Å². The van der Waals surface area contributed by atoms with E-state index in [9.17, 15) is 9.59 Å². The molecular weight excluding hydrogens is 396 g/mol. The first kappa shape index (κ1) is 22.6. The molecule has 0 atom stereocenters. The standard InChI is InChI=1S/C24H30N2O5/c1-4-13-31-24(28)17-5-7-19(8-6-17)25-23(27)16-26(20-9-10-20)15-18-14-21(29-2)11-12-22(18)30-3/h5-8,11-12,14,20H,4,9-10,13,15-16H2,1-3H3,(H,25,27). The Bertz CT molecular complexity index is 893. The lowest BCUT2D eigenvalue weighted by Crippen LogP contribution is -2.34. The monoisotopic (exact) mass is 426 g/mol. The van der Waals surface area contributed by atoms with Crippen molar-refractivity contribution in [2.75, 3.05) is 32.7 Å². The summed E-state index contributed by atoms with van der Waals surface area (Å²) in [7, 11) is 3.27. The summed E-state index contributed by atoms with van der Waals surface area (Å²) < 4.78 is 15.9. The molecule has 1 fully saturated rings. The second kappa shape index (κ2) is 10.8. The molecule has 0 bridgehead atoms. The second-order valence-electron chi connectivity index (χ2n) is 7.58. The molecule has 7 heteroatoms. The maximum absolute atomic E-state index is 12.7. The van der Waals surface area contributed by atoms with Crippen molar-refractivity contribution in [2.45, 2.75) is 38.8 Å². The van der Waals surface area contributed by atoms with Crippen molar-refractivity contribution in [3.63, 3.8) is 0 Å². The Balaban J connectivity index is 1.61. The highest BCUT2D eigenvalue weighted by molar-refractivity contribution is 5.94. The summed E-state index contributed by atoms with van der Waals surface area (Å²) in [5, 5.41) is 2.91. The number of nitrogens with zero attached hydrogens (tertiary/aromatic N) is 1. The van der Waals surface area contributed by atoms with Crippen LogP contribution in [0.4, 0.5) is 5.69 Å². The minimum atomic E-state index is -0.355. The lowest BCUT2D eigenvalue weighted by Gasteiger charge is -2.23. The van der Waals surface area contributed by atoms with Gasteiger partial charge in [0.1, 0.15) is 11.5 Å². The van der Waals surface area contributed by atoms with E-state index in [0.717, 1.165) is 36.3 Å². The van der Waals surface area contributed by atoms with E-state index in [1.807, 2.05) is 25.1 Å². The first-order chi connectivity index (χ1) is 15.0. The number of amides is 1. The number of hydrogen-bond donors (Lipinski definition) is 1. The normalized spacial score (nSPS) is 13.0. The van der Waals surface area contributed by atoms with E-state index in [0.29, 0.717) is 30.4 Å². The van der Waals surface area contributed by atoms with E-state index in [2.05, 4.69) is 10.2 Å². The highest BCUT2D eigenvalue weighted by atomic mass is 16.5. The van der Waals surface area contributed by atoms with Crippen LogP contribution in [-0.2, 0) is 16.1 Å². The average molecular weight is 427 g/mol. The van der Waals surface area contributed by atoms with Crippen LogP contribution < -0.4 is 14.8 Å². The van der Waals surface area contributed by atoms with Crippen molar-refractivity contribution in [1.82, 2.24) is 4.90 Å². The van der Waals surface area contributed by atoms with Gasteiger partial charge in [0.25, 0.3) is 0 Å². The molecule has 0 unspecified atom stereocenters. The summed E-state index contributed by atoms with van der Waals surface area (Å²) in [6.45, 7) is 3.21. The molecule has 166 valence electrons. The van der Waals surface area contributed by atoms with Crippen LogP contribution in [0.2, 0.25) is 0 Å². The number of carbonyl (C=O) groups is 2. The molecule has 0 spiro atoms. The lowest BCUT2D eigenvalue weighted by molar-refractivity contribution is -0.117. The third-order valence-electron chi connectivity index (χ3n) is 5.11. The predicted octanol–water partition coefficient (Wildman–Crippen LogP) is 3.87. The maximum Gasteiger partial charge on any atom is 0.338 e. The van der Waals surface area contributed by atoms with Crippen LogP contribution in [0.1, 0.15) is 42.1 Å². The zero-order valence-electron chi connectivity index (χ0n) is 18.3. The Morgan fingerprint density at radius 1 is 1.06 bits per heavy atom. The minimum absolute atomic E-state index is 0.102. The average Bonchev–Trinajstić information content (AvgIpc) is 3.63. The maximum atomic E-state index is 12.7. The predicted molar refractivity (Wildman–Crippen MR) is 119 cm³/mol. The molecule has 1 aliphatic rings. The number of benzene rings is 2. The molecule has 31 heavy (non-hydrogen) atoms. The number of ether oxygens (including phenoxy) is 3. The Morgan fingerprint density at radius 2 is 1.81 bits per heavy atom. The summed E-state index contributed by atoms with van der Waals surface area (Å²) in [6, 6.07) is 12.8. The molecule has 2 aromatic rings. The van der Waals surface area contributed by atoms with Gasteiger partial charge in [0.05, 0.1) is 32.9 Å². The number of nitrogens with one attached hydrogen (secondary N) is 1. The van der Waals surface area contributed by atoms with Crippen molar-refractivity contribution in [3.05, 3.63) is 53.6 Å². The van der Waals surface area contributed by atoms with Gasteiger partial charge in [0.2, 0.25) is 5.91 Å². The molecule has 0 saturated heterocycles. The van der Waals surface area contributed by atoms with E-state index in [1.165, 1.54) is 0 Å². The Kier molecular flexibility index (Phi) is 7.89. The van der Waals surface area contributed by atoms with E-state index >= 15 is 0 Å². The number of anilines is 1. The zero-order chi connectivity index (χ0) is 22.2. The van der Waals surface area contributed by atoms with Crippen molar-refractivity contribution in [1.29, 1.82) is 0 Å². The van der Waals surface area contributed by atoms with Crippen LogP contribution in [-0.4, -0.2) is 50.2 Å². The van der Waals surface area contributed by atoms with Crippen molar-refractivity contribution < 1.29 is 23.8 Å². The number of carbonyl (C=O) groups excluding carboxylic acids is 2. The number of hydrogen-bond acceptors (Lipinski definition) is 6. The van der Waals surface area contributed by atoms with Crippen LogP contribution in [0.15, 0.2) is 42.5 Å². The molecule has 3 rings (SSSR count). The number of rotatable bonds is 11. The quantitative estimate of drug-likeness (QED) is 0.550. The van der Waals surface area contributed by atoms with Crippen LogP contribution >= 0.6 is 0 Å². The van der Waals surface area contributed by atoms with Gasteiger partial charge in [0.15, 0.2) is 0 Å². The minimum Gasteiger partial charge on any atom is -0.497 e. The van der Waals surface area contributed by atoms with Gasteiger partial charge in [-0.1, -0.05) is 6.92 Å². The lowest BCUT2D eigenvalue weighted by atomic mass is 10.1. The fourth-order valence-electron chi connectivity index (χ4n) is 3.33. The van der Waals surface area contributed by atoms with Crippen molar-refractivity contribution >= 4 is 17.6 Å². The summed E-state index contributed by atoms with van der Waals surface area (Å²) >= 11 is 0. The van der Waals surface area contributed by atoms with Gasteiger partial charge in [-0.15, -0.1) is 0 Å². The number of methoxy groups -OCH3 is 2. The van der Waals surface area contributed by atoms with Crippen molar-refractivity contribution in [3.8, 4) is 11.5 Å². The topological polar surface area (TPSA) is 77.1 Å². The van der Waals surface area contributed by atoms with Crippen molar-refractivity contribution in [2.24, 2.45) is 0 Å². The van der Waals surface area contributed by atoms with Gasteiger partial charge in [0, 0.05) is 23.8 Å². The second-order valence-corrected chi connectivity index (χ2v) is 7.58. The highest BCUT2D eigenvalue weighted by Crippen LogP contribution is 2.31. The van der Waals surface area contributed by atoms with Gasteiger partial charge in [-0.3, -0.25) is 9.69 Å². The molecule has 1 N–H and O–H groups in total. The van der Waals surface area contributed by atoms with Gasteiger partial charge in [-0.05, 0) is 61.7 Å². The van der Waals surface area contributed by atoms with Crippen LogP contribution in [0.5, 0.6) is 11.5 Å². The molecular formula is C24H30N2O5. The van der Waals surface area contributed by atoms with Gasteiger partial charge in [-0.25, -0.2) is 4.79 Å². The molecule has 1 saturated carbocycles. The van der Waals surface area contributed by atoms with Crippen LogP contribution in [0.3, 0.4) is 0 Å². The fourth-order valence-corrected chi connectivity index (χ4v) is 3.33. The summed E-state index contributed by atoms with van der Waals surface area (Å²) in [5.74, 6) is 1.08. The third-order valence-corrected chi connectivity index (χ3v) is 5.11. The summed E-state index contributed by atoms with van der Waals surface area (Å²) in [4.78, 5) is 26.7. The van der Waals surface area contributed by atoms with E-state index < -0.39 is 0 Å². The Morgan fingerprint density at radius 3 is 2.42 bits per heavy atom. The first-order valence-electron chi connectivity index (χ1n) is 10.6. The third kappa shape index (κ3) is 6.46. The number of esters is 1. The molecule has 0 radical (unpaired) electrons. The smallest absolute Gasteiger partial charge is 0.338 e. The molecule has 7 nitrogen and oxygen atoms in total. The van der Waals surface area contributed by atoms with Crippen LogP contribution in [0.25, 0.3) is 0 Å².